The van der Waals surface area contributed by atoms with Crippen molar-refractivity contribution in [2.75, 3.05) is 13.7 Å². The van der Waals surface area contributed by atoms with Crippen LogP contribution >= 0.6 is 0 Å². The zero-order chi connectivity index (χ0) is 21.8. The van der Waals surface area contributed by atoms with Gasteiger partial charge in [0.05, 0.1) is 18.5 Å². The third-order valence-corrected chi connectivity index (χ3v) is 5.98. The van der Waals surface area contributed by atoms with Gasteiger partial charge in [-0.2, -0.15) is 4.98 Å². The highest BCUT2D eigenvalue weighted by Gasteiger charge is 2.26. The van der Waals surface area contributed by atoms with Crippen molar-refractivity contribution in [2.45, 2.75) is 46.0 Å². The van der Waals surface area contributed by atoms with Crippen molar-refractivity contribution in [2.24, 2.45) is 5.92 Å². The summed E-state index contributed by atoms with van der Waals surface area (Å²) >= 11 is 0. The summed E-state index contributed by atoms with van der Waals surface area (Å²) in [4.78, 5) is 22.3. The van der Waals surface area contributed by atoms with Crippen molar-refractivity contribution in [3.63, 3.8) is 0 Å². The lowest BCUT2D eigenvalue weighted by atomic mass is 9.98. The summed E-state index contributed by atoms with van der Waals surface area (Å²) in [6.45, 7) is 4.40. The van der Waals surface area contributed by atoms with E-state index in [1.807, 2.05) is 44.2 Å². The Kier molecular flexibility index (Phi) is 6.30. The van der Waals surface area contributed by atoms with Gasteiger partial charge in [0.2, 0.25) is 11.8 Å². The Balaban J connectivity index is 1.43. The molecular weight excluding hydrogens is 392 g/mol. The number of rotatable bonds is 6. The molecule has 7 nitrogen and oxygen atoms in total. The quantitative estimate of drug-likeness (QED) is 0.613. The zero-order valence-electron chi connectivity index (χ0n) is 18.3. The second kappa shape index (κ2) is 9.29. The monoisotopic (exact) mass is 420 g/mol. The molecule has 3 aromatic rings. The molecule has 1 atom stereocenters. The van der Waals surface area contributed by atoms with Gasteiger partial charge in [-0.1, -0.05) is 35.5 Å². The fraction of sp³-hybridized carbons (Fsp3) is 0.417. The Morgan fingerprint density at radius 2 is 1.94 bits per heavy atom. The highest BCUT2D eigenvalue weighted by Crippen LogP contribution is 2.31. The SMILES string of the molecule is COc1nc(-c2ccccc2)nc2c1CCC(C(=O)NCCc1c(C)noc1C)CC2. The molecule has 1 aromatic carbocycles. The molecule has 7 heteroatoms. The lowest BCUT2D eigenvalue weighted by molar-refractivity contribution is -0.125. The number of carbonyl (C=O) groups is 1. The number of amides is 1. The third kappa shape index (κ3) is 4.60. The first-order valence-electron chi connectivity index (χ1n) is 10.8. The third-order valence-electron chi connectivity index (χ3n) is 5.98. The molecule has 2 aromatic heterocycles. The normalized spacial score (nSPS) is 15.8. The molecule has 1 amide bonds. The Hall–Kier alpha value is -3.22. The van der Waals surface area contributed by atoms with Gasteiger partial charge in [-0.15, -0.1) is 0 Å². The van der Waals surface area contributed by atoms with Gasteiger partial charge in [-0.25, -0.2) is 4.98 Å². The maximum Gasteiger partial charge on any atom is 0.223 e. The van der Waals surface area contributed by atoms with Gasteiger partial charge in [0.1, 0.15) is 5.76 Å². The molecule has 0 aliphatic heterocycles. The molecule has 31 heavy (non-hydrogen) atoms. The van der Waals surface area contributed by atoms with Gasteiger partial charge in [0.15, 0.2) is 5.82 Å². The van der Waals surface area contributed by atoms with Crippen molar-refractivity contribution in [1.29, 1.82) is 0 Å². The van der Waals surface area contributed by atoms with Crippen LogP contribution in [0.2, 0.25) is 0 Å². The fourth-order valence-corrected chi connectivity index (χ4v) is 4.20. The number of hydrogen-bond donors (Lipinski definition) is 1. The number of carbonyl (C=O) groups excluding carboxylic acids is 1. The highest BCUT2D eigenvalue weighted by molar-refractivity contribution is 5.78. The Morgan fingerprint density at radius 3 is 2.65 bits per heavy atom. The zero-order valence-corrected chi connectivity index (χ0v) is 18.3. The van der Waals surface area contributed by atoms with Gasteiger partial charge < -0.3 is 14.6 Å². The molecule has 0 fully saturated rings. The van der Waals surface area contributed by atoms with E-state index >= 15 is 0 Å². The molecule has 2 heterocycles. The number of nitrogens with one attached hydrogen (secondary N) is 1. The van der Waals surface area contributed by atoms with E-state index < -0.39 is 0 Å². The van der Waals surface area contributed by atoms with E-state index in [2.05, 4.69) is 15.5 Å². The number of aryl methyl sites for hydroxylation is 3. The molecule has 0 saturated heterocycles. The number of fused-ring (bicyclic) bond motifs is 1. The van der Waals surface area contributed by atoms with Gasteiger partial charge in [0, 0.05) is 29.2 Å². The van der Waals surface area contributed by atoms with Crippen LogP contribution in [-0.2, 0) is 24.1 Å². The predicted molar refractivity (Wildman–Crippen MR) is 117 cm³/mol. The van der Waals surface area contributed by atoms with Crippen LogP contribution in [0.25, 0.3) is 11.4 Å². The maximum atomic E-state index is 12.8. The molecule has 1 unspecified atom stereocenters. The van der Waals surface area contributed by atoms with Crippen LogP contribution in [0.1, 0.15) is 41.1 Å². The summed E-state index contributed by atoms with van der Waals surface area (Å²) in [7, 11) is 1.64. The number of ether oxygens (including phenoxy) is 1. The molecule has 1 aliphatic carbocycles. The highest BCUT2D eigenvalue weighted by atomic mass is 16.5. The first-order valence-corrected chi connectivity index (χ1v) is 10.8. The summed E-state index contributed by atoms with van der Waals surface area (Å²) in [5.74, 6) is 2.14. The number of methoxy groups -OCH3 is 1. The maximum absolute atomic E-state index is 12.8. The second-order valence-electron chi connectivity index (χ2n) is 7.97. The van der Waals surface area contributed by atoms with E-state index in [4.69, 9.17) is 14.2 Å². The van der Waals surface area contributed by atoms with Crippen LogP contribution < -0.4 is 10.1 Å². The summed E-state index contributed by atoms with van der Waals surface area (Å²) in [6.07, 6.45) is 3.71. The number of hydrogen-bond acceptors (Lipinski definition) is 6. The molecule has 0 bridgehead atoms. The van der Waals surface area contributed by atoms with Crippen LogP contribution in [0, 0.1) is 19.8 Å². The summed E-state index contributed by atoms with van der Waals surface area (Å²) < 4.78 is 10.8. The minimum atomic E-state index is -0.0521. The van der Waals surface area contributed by atoms with Gasteiger partial charge in [0.25, 0.3) is 0 Å². The van der Waals surface area contributed by atoms with Crippen LogP contribution in [0.5, 0.6) is 5.88 Å². The average molecular weight is 421 g/mol. The van der Waals surface area contributed by atoms with Crippen LogP contribution in [0.4, 0.5) is 0 Å². The minimum absolute atomic E-state index is 0.0521. The Labute approximate surface area is 182 Å². The van der Waals surface area contributed by atoms with Crippen molar-refractivity contribution >= 4 is 5.91 Å². The Morgan fingerprint density at radius 1 is 1.16 bits per heavy atom. The van der Waals surface area contributed by atoms with E-state index in [9.17, 15) is 4.79 Å². The standard InChI is InChI=1S/C24H28N4O3/c1-15-19(16(2)31-28-15)13-14-25-23(29)18-9-11-20-21(12-10-18)26-22(27-24(20)30-3)17-7-5-4-6-8-17/h4-8,18H,9-14H2,1-3H3,(H,25,29). The van der Waals surface area contributed by atoms with Crippen LogP contribution in [0.3, 0.4) is 0 Å². The predicted octanol–water partition coefficient (Wildman–Crippen LogP) is 3.61. The molecule has 162 valence electrons. The molecule has 1 N–H and O–H groups in total. The topological polar surface area (TPSA) is 90.1 Å². The van der Waals surface area contributed by atoms with Crippen molar-refractivity contribution in [3.05, 3.63) is 58.6 Å². The number of aromatic nitrogens is 3. The van der Waals surface area contributed by atoms with E-state index in [0.717, 1.165) is 65.9 Å². The largest absolute Gasteiger partial charge is 0.481 e. The Bertz CT molecular complexity index is 1040. The first kappa shape index (κ1) is 21.0. The van der Waals surface area contributed by atoms with Gasteiger partial charge >= 0.3 is 0 Å². The number of benzene rings is 1. The lowest BCUT2D eigenvalue weighted by Crippen LogP contribution is -2.32. The van der Waals surface area contributed by atoms with E-state index in [-0.39, 0.29) is 11.8 Å². The molecule has 0 saturated carbocycles. The average Bonchev–Trinajstić information content (AvgIpc) is 2.99. The van der Waals surface area contributed by atoms with Gasteiger partial charge in [-0.05, 0) is 46.0 Å². The smallest absolute Gasteiger partial charge is 0.223 e. The van der Waals surface area contributed by atoms with Crippen molar-refractivity contribution in [3.8, 4) is 17.3 Å². The summed E-state index contributed by atoms with van der Waals surface area (Å²) in [5.41, 5.74) is 4.92. The summed E-state index contributed by atoms with van der Waals surface area (Å²) in [6, 6.07) is 9.90. The number of nitrogens with zero attached hydrogens (tertiary/aromatic N) is 3. The van der Waals surface area contributed by atoms with Crippen molar-refractivity contribution in [1.82, 2.24) is 20.4 Å². The molecule has 1 aliphatic rings. The molecule has 4 rings (SSSR count). The van der Waals surface area contributed by atoms with Crippen LogP contribution in [-0.4, -0.2) is 34.7 Å². The lowest BCUT2D eigenvalue weighted by Gasteiger charge is -2.14. The minimum Gasteiger partial charge on any atom is -0.481 e. The van der Waals surface area contributed by atoms with E-state index in [1.54, 1.807) is 7.11 Å². The van der Waals surface area contributed by atoms with Crippen LogP contribution in [0.15, 0.2) is 34.9 Å². The first-order chi connectivity index (χ1) is 15.1. The van der Waals surface area contributed by atoms with E-state index in [1.165, 1.54) is 0 Å². The van der Waals surface area contributed by atoms with E-state index in [0.29, 0.717) is 18.2 Å². The van der Waals surface area contributed by atoms with Crippen molar-refractivity contribution < 1.29 is 14.1 Å². The molecule has 0 radical (unpaired) electrons. The molecular formula is C24H28N4O3. The van der Waals surface area contributed by atoms with Gasteiger partial charge in [-0.3, -0.25) is 4.79 Å². The summed E-state index contributed by atoms with van der Waals surface area (Å²) in [5, 5.41) is 7.06. The molecule has 0 spiro atoms. The fourth-order valence-electron chi connectivity index (χ4n) is 4.20. The second-order valence-corrected chi connectivity index (χ2v) is 7.97.